The molecule has 0 fully saturated rings. The second-order valence-electron chi connectivity index (χ2n) is 5.17. The van der Waals surface area contributed by atoms with Gasteiger partial charge in [0.1, 0.15) is 18.1 Å². The molecule has 3 rings (SSSR count). The molecule has 0 radical (unpaired) electrons. The minimum absolute atomic E-state index is 0.00721. The molecule has 0 saturated heterocycles. The van der Waals surface area contributed by atoms with Crippen molar-refractivity contribution >= 4 is 38.7 Å². The number of carbonyl (C=O) groups excluding carboxylic acids is 1. The fourth-order valence-electron chi connectivity index (χ4n) is 2.14. The van der Waals surface area contributed by atoms with Gasteiger partial charge in [-0.1, -0.05) is 0 Å². The second kappa shape index (κ2) is 6.64. The zero-order valence-electron chi connectivity index (χ0n) is 13.1. The van der Waals surface area contributed by atoms with Gasteiger partial charge in [0.2, 0.25) is 0 Å². The van der Waals surface area contributed by atoms with E-state index in [4.69, 9.17) is 9.47 Å². The molecule has 1 aromatic carbocycles. The topological polar surface area (TPSA) is 48.4 Å². The molecule has 0 saturated carbocycles. The Morgan fingerprint density at radius 3 is 2.72 bits per heavy atom. The van der Waals surface area contributed by atoms with Crippen LogP contribution >= 0.6 is 22.7 Å². The number of esters is 1. The Balaban J connectivity index is 1.76. The molecule has 132 valence electrons. The van der Waals surface area contributed by atoms with E-state index in [1.807, 2.05) is 0 Å². The van der Waals surface area contributed by atoms with Crippen molar-refractivity contribution < 1.29 is 27.4 Å². The molecule has 0 aliphatic heterocycles. The first-order valence-corrected chi connectivity index (χ1v) is 8.79. The molecule has 0 bridgehead atoms. The largest absolute Gasteiger partial charge is 0.488 e. The van der Waals surface area contributed by atoms with E-state index in [-0.39, 0.29) is 6.61 Å². The lowest BCUT2D eigenvalue weighted by atomic mass is 10.2. The molecule has 9 heteroatoms. The van der Waals surface area contributed by atoms with Crippen molar-refractivity contribution in [3.8, 4) is 11.5 Å². The third kappa shape index (κ3) is 3.93. The van der Waals surface area contributed by atoms with Gasteiger partial charge in [-0.3, -0.25) is 4.79 Å². The Morgan fingerprint density at radius 2 is 2.08 bits per heavy atom. The predicted molar refractivity (Wildman–Crippen MR) is 89.3 cm³/mol. The zero-order chi connectivity index (χ0) is 18.2. The molecular weight excluding hydrogens is 375 g/mol. The Kier molecular flexibility index (Phi) is 4.70. The van der Waals surface area contributed by atoms with Gasteiger partial charge in [-0.05, 0) is 25.1 Å². The first-order chi connectivity index (χ1) is 11.7. The molecule has 0 amide bonds. The van der Waals surface area contributed by atoms with Crippen LogP contribution in [0.25, 0.3) is 10.1 Å². The second-order valence-corrected chi connectivity index (χ2v) is 7.16. The minimum atomic E-state index is -4.45. The lowest BCUT2D eigenvalue weighted by Gasteiger charge is -2.05. The highest BCUT2D eigenvalue weighted by Crippen LogP contribution is 2.36. The molecule has 0 aliphatic rings. The van der Waals surface area contributed by atoms with Gasteiger partial charge in [-0.2, -0.15) is 13.2 Å². The summed E-state index contributed by atoms with van der Waals surface area (Å²) >= 11 is 1.97. The molecular formula is C16H12F3NO3S2. The van der Waals surface area contributed by atoms with Gasteiger partial charge in [0.15, 0.2) is 5.01 Å². The molecule has 0 aliphatic carbocycles. The highest BCUT2D eigenvalue weighted by molar-refractivity contribution is 7.17. The van der Waals surface area contributed by atoms with Gasteiger partial charge >= 0.3 is 12.1 Å². The third-order valence-electron chi connectivity index (χ3n) is 3.27. The number of alkyl halides is 3. The number of aromatic nitrogens is 1. The van der Waals surface area contributed by atoms with Crippen molar-refractivity contribution in [2.75, 3.05) is 0 Å². The van der Waals surface area contributed by atoms with E-state index in [0.717, 1.165) is 10.1 Å². The third-order valence-corrected chi connectivity index (χ3v) is 5.37. The zero-order valence-corrected chi connectivity index (χ0v) is 14.8. The molecule has 0 atom stereocenters. The van der Waals surface area contributed by atoms with Crippen molar-refractivity contribution in [2.24, 2.45) is 0 Å². The van der Waals surface area contributed by atoms with E-state index >= 15 is 0 Å². The molecule has 2 heterocycles. The highest BCUT2D eigenvalue weighted by Gasteiger charge is 2.35. The average Bonchev–Trinajstić information content (AvgIpc) is 3.08. The smallest absolute Gasteiger partial charge is 0.443 e. The number of rotatable bonds is 4. The summed E-state index contributed by atoms with van der Waals surface area (Å²) in [6.45, 7) is 2.86. The van der Waals surface area contributed by atoms with Crippen LogP contribution in [0, 0.1) is 6.92 Å². The summed E-state index contributed by atoms with van der Waals surface area (Å²) in [6, 6.07) is 5.19. The summed E-state index contributed by atoms with van der Waals surface area (Å²) < 4.78 is 49.6. The number of hydrogen-bond donors (Lipinski definition) is 0. The van der Waals surface area contributed by atoms with Gasteiger partial charge in [0.25, 0.3) is 0 Å². The van der Waals surface area contributed by atoms with E-state index in [1.54, 1.807) is 23.6 Å². The number of hydrogen-bond acceptors (Lipinski definition) is 6. The van der Waals surface area contributed by atoms with Crippen LogP contribution in [0.2, 0.25) is 0 Å². The van der Waals surface area contributed by atoms with E-state index in [1.165, 1.54) is 25.2 Å². The predicted octanol–water partition coefficient (Wildman–Crippen LogP) is 5.19. The summed E-state index contributed by atoms with van der Waals surface area (Å²) in [6.07, 6.45) is -4.45. The van der Waals surface area contributed by atoms with Crippen molar-refractivity contribution in [1.29, 1.82) is 0 Å². The first-order valence-electron chi connectivity index (χ1n) is 7.10. The van der Waals surface area contributed by atoms with Crippen LogP contribution in [0.15, 0.2) is 23.6 Å². The van der Waals surface area contributed by atoms with E-state index in [9.17, 15) is 18.0 Å². The van der Waals surface area contributed by atoms with E-state index in [2.05, 4.69) is 4.98 Å². The summed E-state index contributed by atoms with van der Waals surface area (Å²) in [5, 5.41) is 1.63. The number of fused-ring (bicyclic) bond motifs is 1. The Morgan fingerprint density at radius 1 is 1.32 bits per heavy atom. The van der Waals surface area contributed by atoms with Crippen LogP contribution in [0.3, 0.4) is 0 Å². The van der Waals surface area contributed by atoms with Crippen LogP contribution in [-0.2, 0) is 17.6 Å². The number of nitrogens with zero attached hydrogens (tertiary/aromatic N) is 1. The van der Waals surface area contributed by atoms with Gasteiger partial charge in [0.05, 0.1) is 10.6 Å². The maximum Gasteiger partial charge on any atom is 0.443 e. The molecule has 0 unspecified atom stereocenters. The number of thiazole rings is 1. The maximum absolute atomic E-state index is 12.7. The normalized spacial score (nSPS) is 11.7. The van der Waals surface area contributed by atoms with Gasteiger partial charge in [-0.25, -0.2) is 4.98 Å². The fourth-order valence-corrected chi connectivity index (χ4v) is 3.87. The number of aryl methyl sites for hydroxylation is 1. The number of ether oxygens (including phenoxy) is 2. The number of halogens is 3. The van der Waals surface area contributed by atoms with Gasteiger partial charge in [0, 0.05) is 22.4 Å². The van der Waals surface area contributed by atoms with Crippen LogP contribution in [0.4, 0.5) is 13.2 Å². The lowest BCUT2D eigenvalue weighted by molar-refractivity contribution is -0.137. The van der Waals surface area contributed by atoms with Crippen molar-refractivity contribution in [3.05, 3.63) is 39.2 Å². The van der Waals surface area contributed by atoms with Crippen LogP contribution in [0.5, 0.6) is 11.5 Å². The summed E-state index contributed by atoms with van der Waals surface area (Å²) in [4.78, 5) is 15.0. The van der Waals surface area contributed by atoms with Crippen LogP contribution in [0.1, 0.15) is 22.5 Å². The van der Waals surface area contributed by atoms with E-state index in [0.29, 0.717) is 33.4 Å². The molecule has 25 heavy (non-hydrogen) atoms. The van der Waals surface area contributed by atoms with Crippen molar-refractivity contribution in [2.45, 2.75) is 26.6 Å². The standard InChI is InChI=1S/C16H12F3NO3S2/c1-8-14(25-15(20-8)16(17,18)19)6-22-10-3-4-11-12(23-9(2)21)7-24-13(11)5-10/h3-5,7H,6H2,1-2H3. The van der Waals surface area contributed by atoms with Crippen LogP contribution in [-0.4, -0.2) is 11.0 Å². The minimum Gasteiger partial charge on any atom is -0.488 e. The van der Waals surface area contributed by atoms with Crippen LogP contribution < -0.4 is 9.47 Å². The lowest BCUT2D eigenvalue weighted by Crippen LogP contribution is -2.03. The summed E-state index contributed by atoms with van der Waals surface area (Å²) in [7, 11) is 0. The summed E-state index contributed by atoms with van der Waals surface area (Å²) in [5.74, 6) is 0.596. The number of benzene rings is 1. The van der Waals surface area contributed by atoms with E-state index < -0.39 is 17.2 Å². The molecule has 0 N–H and O–H groups in total. The SMILES string of the molecule is CC(=O)Oc1csc2cc(OCc3sc(C(F)(F)F)nc3C)ccc12. The quantitative estimate of drug-likeness (QED) is 0.578. The first kappa shape index (κ1) is 17.7. The number of thiophene rings is 1. The monoisotopic (exact) mass is 387 g/mol. The average molecular weight is 387 g/mol. The van der Waals surface area contributed by atoms with Crippen molar-refractivity contribution in [3.63, 3.8) is 0 Å². The maximum atomic E-state index is 12.7. The van der Waals surface area contributed by atoms with Gasteiger partial charge in [-0.15, -0.1) is 22.7 Å². The van der Waals surface area contributed by atoms with Crippen molar-refractivity contribution in [1.82, 2.24) is 4.98 Å². The number of carbonyl (C=O) groups is 1. The molecule has 3 aromatic rings. The molecule has 2 aromatic heterocycles. The fraction of sp³-hybridized carbons (Fsp3) is 0.250. The molecule has 0 spiro atoms. The Hall–Kier alpha value is -2.13. The Labute approximate surface area is 148 Å². The summed E-state index contributed by atoms with van der Waals surface area (Å²) in [5.41, 5.74) is 0.312. The molecule has 4 nitrogen and oxygen atoms in total. The highest BCUT2D eigenvalue weighted by atomic mass is 32.1. The Bertz CT molecular complexity index is 930. The van der Waals surface area contributed by atoms with Gasteiger partial charge < -0.3 is 9.47 Å².